The maximum Gasteiger partial charge on any atom is 0.527 e. The molecule has 2 heterocycles. The number of aromatic nitrogens is 2. The Morgan fingerprint density at radius 3 is 2.50 bits per heavy atom. The number of carbonyl (C=O) groups excluding carboxylic acids is 1. The summed E-state index contributed by atoms with van der Waals surface area (Å²) in [6.45, 7) is 5.07. The van der Waals surface area contributed by atoms with Crippen LogP contribution in [0.1, 0.15) is 32.3 Å². The third kappa shape index (κ3) is 7.03. The molecule has 0 spiro atoms. The van der Waals surface area contributed by atoms with Crippen LogP contribution in [-0.2, 0) is 19.4 Å². The summed E-state index contributed by atoms with van der Waals surface area (Å²) < 4.78 is 34.2. The van der Waals surface area contributed by atoms with Crippen molar-refractivity contribution >= 4 is 27.5 Å². The normalized spacial score (nSPS) is 14.9. The summed E-state index contributed by atoms with van der Waals surface area (Å²) in [4.78, 5) is 25.3. The van der Waals surface area contributed by atoms with Crippen molar-refractivity contribution in [1.29, 1.82) is 5.26 Å². The second kappa shape index (κ2) is 11.1. The molecule has 0 radical (unpaired) electrons. The number of nitrogens with zero attached hydrogens (tertiary/aromatic N) is 4. The van der Waals surface area contributed by atoms with E-state index in [9.17, 15) is 18.5 Å². The van der Waals surface area contributed by atoms with Crippen molar-refractivity contribution in [3.63, 3.8) is 0 Å². The van der Waals surface area contributed by atoms with Gasteiger partial charge in [0.15, 0.2) is 21.2 Å². The van der Waals surface area contributed by atoms with Gasteiger partial charge in [0.25, 0.3) is 0 Å². The molecule has 1 aliphatic heterocycles. The van der Waals surface area contributed by atoms with Crippen molar-refractivity contribution in [3.8, 4) is 11.9 Å². The van der Waals surface area contributed by atoms with Crippen molar-refractivity contribution in [1.82, 2.24) is 15.0 Å². The molecule has 0 aliphatic carbocycles. The van der Waals surface area contributed by atoms with Gasteiger partial charge < -0.3 is 19.6 Å². The zero-order valence-electron chi connectivity index (χ0n) is 19.2. The van der Waals surface area contributed by atoms with E-state index in [1.807, 2.05) is 13.8 Å². The summed E-state index contributed by atoms with van der Waals surface area (Å²) in [6, 6.07) is 8.17. The van der Waals surface area contributed by atoms with E-state index in [1.54, 1.807) is 12.1 Å². The minimum absolute atomic E-state index is 0.130. The smallest absolute Gasteiger partial charge is 0.473 e. The number of ether oxygens (including phenoxy) is 2. The fourth-order valence-electron chi connectivity index (χ4n) is 3.14. The number of nitriles is 1. The van der Waals surface area contributed by atoms with Crippen molar-refractivity contribution in [2.24, 2.45) is 5.92 Å². The summed E-state index contributed by atoms with van der Waals surface area (Å²) >= 11 is 0. The average molecular weight is 490 g/mol. The molecule has 1 aromatic heterocycles. The molecule has 0 unspecified atom stereocenters. The first-order valence-corrected chi connectivity index (χ1v) is 12.6. The molecule has 0 saturated carbocycles. The van der Waals surface area contributed by atoms with E-state index < -0.39 is 16.0 Å². The lowest BCUT2D eigenvalue weighted by Crippen LogP contribution is -2.39. The van der Waals surface area contributed by atoms with Crippen LogP contribution in [0.25, 0.3) is 0 Å². The maximum atomic E-state index is 11.7. The molecule has 1 N–H and O–H groups in total. The minimum Gasteiger partial charge on any atom is -0.473 e. The summed E-state index contributed by atoms with van der Waals surface area (Å²) in [6.07, 6.45) is 2.58. The Morgan fingerprint density at radius 1 is 1.24 bits per heavy atom. The molecule has 1 aliphatic rings. The first-order chi connectivity index (χ1) is 16.2. The molecule has 3 rings (SSSR count). The number of hydrogen-bond acceptors (Lipinski definition) is 11. The van der Waals surface area contributed by atoms with Crippen LogP contribution in [0, 0.1) is 17.2 Å². The van der Waals surface area contributed by atoms with Gasteiger partial charge in [0.1, 0.15) is 18.5 Å². The van der Waals surface area contributed by atoms with Gasteiger partial charge in [-0.2, -0.15) is 5.26 Å². The molecule has 11 nitrogen and oxygen atoms in total. The Hall–Kier alpha value is -3.43. The van der Waals surface area contributed by atoms with Crippen LogP contribution in [0.3, 0.4) is 0 Å². The number of rotatable bonds is 8. The summed E-state index contributed by atoms with van der Waals surface area (Å²) in [5.74, 6) is 0.608. The number of carbonyl (C=O) groups is 1. The van der Waals surface area contributed by atoms with Crippen molar-refractivity contribution in [2.75, 3.05) is 31.3 Å². The molecule has 34 heavy (non-hydrogen) atoms. The van der Waals surface area contributed by atoms with Crippen molar-refractivity contribution in [3.05, 3.63) is 36.2 Å². The largest absolute Gasteiger partial charge is 0.527 e. The lowest BCUT2D eigenvalue weighted by molar-refractivity contribution is -0.148. The number of piperidine rings is 1. The molecule has 0 bridgehead atoms. The Bertz CT molecular complexity index is 1140. The SMILES string of the molecule is CC(C)COC(=O)ON1CCC(Oc2ncnc(Nc3ccc(S(C)(=O)=O)cc3)c2C#N)CC1. The van der Waals surface area contributed by atoms with Crippen LogP contribution in [0.15, 0.2) is 35.5 Å². The first-order valence-electron chi connectivity index (χ1n) is 10.7. The zero-order chi connectivity index (χ0) is 24.7. The molecule has 1 saturated heterocycles. The minimum atomic E-state index is -3.31. The van der Waals surface area contributed by atoms with Gasteiger partial charge in [-0.05, 0) is 30.2 Å². The highest BCUT2D eigenvalue weighted by Crippen LogP contribution is 2.27. The standard InChI is InChI=1S/C22H27N5O6S/c1-15(2)13-31-22(28)33-27-10-8-17(9-11-27)32-21-19(12-23)20(24-14-25-21)26-16-4-6-18(7-5-16)34(3,29)30/h4-7,14-15,17H,8-11,13H2,1-3H3,(H,24,25,26). The predicted octanol–water partition coefficient (Wildman–Crippen LogP) is 3.06. The Balaban J connectivity index is 1.60. The monoisotopic (exact) mass is 489 g/mol. The summed E-state index contributed by atoms with van der Waals surface area (Å²) in [7, 11) is -3.31. The van der Waals surface area contributed by atoms with Gasteiger partial charge >= 0.3 is 6.16 Å². The zero-order valence-corrected chi connectivity index (χ0v) is 20.0. The predicted molar refractivity (Wildman–Crippen MR) is 122 cm³/mol. The Morgan fingerprint density at radius 2 is 1.91 bits per heavy atom. The fourth-order valence-corrected chi connectivity index (χ4v) is 3.77. The van der Waals surface area contributed by atoms with Crippen LogP contribution in [0.5, 0.6) is 5.88 Å². The highest BCUT2D eigenvalue weighted by Gasteiger charge is 2.26. The van der Waals surface area contributed by atoms with Crippen molar-refractivity contribution < 1.29 is 27.5 Å². The second-order valence-corrected chi connectivity index (χ2v) is 10.2. The Kier molecular flexibility index (Phi) is 8.25. The highest BCUT2D eigenvalue weighted by atomic mass is 32.2. The quantitative estimate of drug-likeness (QED) is 0.546. The van der Waals surface area contributed by atoms with Gasteiger partial charge in [-0.3, -0.25) is 0 Å². The van der Waals surface area contributed by atoms with Gasteiger partial charge in [0.2, 0.25) is 5.88 Å². The number of hydrogen-bond donors (Lipinski definition) is 1. The third-order valence-electron chi connectivity index (χ3n) is 4.89. The third-order valence-corrected chi connectivity index (χ3v) is 6.02. The lowest BCUT2D eigenvalue weighted by Gasteiger charge is -2.30. The van der Waals surface area contributed by atoms with E-state index in [1.165, 1.54) is 23.5 Å². The highest BCUT2D eigenvalue weighted by molar-refractivity contribution is 7.90. The maximum absolute atomic E-state index is 11.7. The van der Waals surface area contributed by atoms with Gasteiger partial charge in [-0.25, -0.2) is 23.2 Å². The molecule has 1 aromatic carbocycles. The van der Waals surface area contributed by atoms with Crippen LogP contribution in [0.2, 0.25) is 0 Å². The molecule has 1 fully saturated rings. The topological polar surface area (TPSA) is 144 Å². The number of nitrogens with one attached hydrogen (secondary N) is 1. The molecule has 0 amide bonds. The molecule has 2 aromatic rings. The summed E-state index contributed by atoms with van der Waals surface area (Å²) in [5.41, 5.74) is 0.689. The molecule has 12 heteroatoms. The van der Waals surface area contributed by atoms with E-state index in [0.717, 1.165) is 6.26 Å². The number of benzene rings is 1. The first kappa shape index (κ1) is 25.2. The second-order valence-electron chi connectivity index (χ2n) is 8.23. The number of sulfone groups is 1. The molecule has 0 atom stereocenters. The van der Waals surface area contributed by atoms with E-state index in [0.29, 0.717) is 38.2 Å². The number of anilines is 2. The van der Waals surface area contributed by atoms with Crippen LogP contribution in [0.4, 0.5) is 16.3 Å². The fraction of sp³-hybridized carbons (Fsp3) is 0.455. The van der Waals surface area contributed by atoms with Gasteiger partial charge in [-0.15, -0.1) is 5.06 Å². The van der Waals surface area contributed by atoms with Crippen LogP contribution >= 0.6 is 0 Å². The van der Waals surface area contributed by atoms with E-state index >= 15 is 0 Å². The average Bonchev–Trinajstić information content (AvgIpc) is 2.79. The van der Waals surface area contributed by atoms with Gasteiger partial charge in [-0.1, -0.05) is 13.8 Å². The van der Waals surface area contributed by atoms with E-state index in [4.69, 9.17) is 14.3 Å². The van der Waals surface area contributed by atoms with E-state index in [2.05, 4.69) is 21.4 Å². The van der Waals surface area contributed by atoms with Crippen molar-refractivity contribution in [2.45, 2.75) is 37.7 Å². The molecular weight excluding hydrogens is 462 g/mol. The molecular formula is C22H27N5O6S. The Labute approximate surface area is 198 Å². The van der Waals surface area contributed by atoms with Gasteiger partial charge in [0.05, 0.1) is 11.5 Å². The number of hydroxylamine groups is 2. The molecule has 182 valence electrons. The lowest BCUT2D eigenvalue weighted by atomic mass is 10.1. The summed E-state index contributed by atoms with van der Waals surface area (Å²) in [5, 5.41) is 14.2. The van der Waals surface area contributed by atoms with Gasteiger partial charge in [0, 0.05) is 37.9 Å². The van der Waals surface area contributed by atoms with Crippen LogP contribution < -0.4 is 10.1 Å². The van der Waals surface area contributed by atoms with Crippen LogP contribution in [-0.4, -0.2) is 61.7 Å². The van der Waals surface area contributed by atoms with E-state index in [-0.39, 0.29) is 34.2 Å².